The molecule has 1 fully saturated rings. The number of nitrogens with one attached hydrogen (secondary N) is 1. The molecule has 0 atom stereocenters. The second-order valence-electron chi connectivity index (χ2n) is 7.91. The van der Waals surface area contributed by atoms with Gasteiger partial charge in [0, 0.05) is 44.7 Å². The number of methoxy groups -OCH3 is 1. The van der Waals surface area contributed by atoms with Gasteiger partial charge in [0.15, 0.2) is 0 Å². The third-order valence-corrected chi connectivity index (χ3v) is 7.11. The average Bonchev–Trinajstić information content (AvgIpc) is 2.81. The fourth-order valence-corrected chi connectivity index (χ4v) is 5.05. The SMILES string of the molecule is COc1ccc(N2CCN(C(=O)CCC3=NS(=O)(=O)c4ccc(C(F)(F)F)cc4N3)CC2)cc1. The summed E-state index contributed by atoms with van der Waals surface area (Å²) in [4.78, 5) is 16.2. The van der Waals surface area contributed by atoms with Gasteiger partial charge >= 0.3 is 6.18 Å². The molecule has 0 aliphatic carbocycles. The van der Waals surface area contributed by atoms with Gasteiger partial charge in [0.1, 0.15) is 16.5 Å². The van der Waals surface area contributed by atoms with Crippen LogP contribution in [0.25, 0.3) is 0 Å². The second-order valence-corrected chi connectivity index (χ2v) is 9.49. The lowest BCUT2D eigenvalue weighted by Gasteiger charge is -2.36. The molecule has 2 heterocycles. The maximum absolute atomic E-state index is 13.0. The maximum atomic E-state index is 13.0. The minimum absolute atomic E-state index is 0.0157. The van der Waals surface area contributed by atoms with Gasteiger partial charge < -0.3 is 19.9 Å². The maximum Gasteiger partial charge on any atom is 0.416 e. The van der Waals surface area contributed by atoms with Gasteiger partial charge in [0.05, 0.1) is 18.4 Å². The topological polar surface area (TPSA) is 91.3 Å². The Labute approximate surface area is 195 Å². The number of piperazine rings is 1. The molecule has 0 bridgehead atoms. The van der Waals surface area contributed by atoms with Crippen molar-refractivity contribution in [1.29, 1.82) is 0 Å². The van der Waals surface area contributed by atoms with E-state index in [0.29, 0.717) is 32.2 Å². The number of anilines is 2. The van der Waals surface area contributed by atoms with Crippen molar-refractivity contribution in [3.8, 4) is 5.75 Å². The minimum Gasteiger partial charge on any atom is -0.497 e. The van der Waals surface area contributed by atoms with E-state index in [0.717, 1.165) is 23.6 Å². The summed E-state index contributed by atoms with van der Waals surface area (Å²) in [6.07, 6.45) is -4.66. The highest BCUT2D eigenvalue weighted by molar-refractivity contribution is 7.90. The van der Waals surface area contributed by atoms with E-state index in [2.05, 4.69) is 14.6 Å². The zero-order valence-corrected chi connectivity index (χ0v) is 19.1. The van der Waals surface area contributed by atoms with Crippen molar-refractivity contribution in [2.75, 3.05) is 43.5 Å². The summed E-state index contributed by atoms with van der Waals surface area (Å²) in [5.74, 6) is 0.527. The minimum atomic E-state index is -4.61. The van der Waals surface area contributed by atoms with Gasteiger partial charge in [-0.25, -0.2) is 0 Å². The van der Waals surface area contributed by atoms with Gasteiger partial charge in [-0.3, -0.25) is 4.79 Å². The number of alkyl halides is 3. The first-order chi connectivity index (χ1) is 16.1. The van der Waals surface area contributed by atoms with E-state index in [-0.39, 0.29) is 35.2 Å². The summed E-state index contributed by atoms with van der Waals surface area (Å²) in [6.45, 7) is 2.28. The molecule has 0 aromatic heterocycles. The molecule has 34 heavy (non-hydrogen) atoms. The lowest BCUT2D eigenvalue weighted by molar-refractivity contribution is -0.137. The molecule has 1 amide bonds. The Morgan fingerprint density at radius 1 is 1.09 bits per heavy atom. The molecule has 2 aliphatic rings. The number of benzene rings is 2. The predicted molar refractivity (Wildman–Crippen MR) is 121 cm³/mol. The zero-order valence-electron chi connectivity index (χ0n) is 18.3. The van der Waals surface area contributed by atoms with Gasteiger partial charge in [0.2, 0.25) is 5.91 Å². The highest BCUT2D eigenvalue weighted by Gasteiger charge is 2.34. The van der Waals surface area contributed by atoms with Crippen molar-refractivity contribution < 1.29 is 31.1 Å². The van der Waals surface area contributed by atoms with Crippen LogP contribution in [-0.4, -0.2) is 58.3 Å². The molecule has 1 saturated heterocycles. The van der Waals surface area contributed by atoms with Gasteiger partial charge in [0.25, 0.3) is 10.0 Å². The average molecular weight is 497 g/mol. The fourth-order valence-electron chi connectivity index (χ4n) is 3.90. The van der Waals surface area contributed by atoms with Crippen LogP contribution >= 0.6 is 0 Å². The number of halogens is 3. The Balaban J connectivity index is 1.35. The van der Waals surface area contributed by atoms with Crippen LogP contribution in [-0.2, 0) is 21.0 Å². The normalized spacial score (nSPS) is 17.5. The molecule has 12 heteroatoms. The van der Waals surface area contributed by atoms with Crippen LogP contribution in [0.1, 0.15) is 18.4 Å². The van der Waals surface area contributed by atoms with Crippen molar-refractivity contribution in [2.24, 2.45) is 4.40 Å². The molecular weight excluding hydrogens is 473 g/mol. The first-order valence-corrected chi connectivity index (χ1v) is 12.0. The van der Waals surface area contributed by atoms with Crippen molar-refractivity contribution in [3.63, 3.8) is 0 Å². The predicted octanol–water partition coefficient (Wildman–Crippen LogP) is 3.36. The molecular formula is C22H23F3N4O4S. The summed E-state index contributed by atoms with van der Waals surface area (Å²) < 4.78 is 72.6. The number of rotatable bonds is 5. The van der Waals surface area contributed by atoms with E-state index in [1.807, 2.05) is 24.3 Å². The van der Waals surface area contributed by atoms with E-state index in [1.54, 1.807) is 12.0 Å². The Morgan fingerprint density at radius 3 is 2.38 bits per heavy atom. The zero-order chi connectivity index (χ0) is 24.5. The molecule has 2 aromatic carbocycles. The molecule has 2 aliphatic heterocycles. The molecule has 0 radical (unpaired) electrons. The lowest BCUT2D eigenvalue weighted by Crippen LogP contribution is -2.48. The summed E-state index contributed by atoms with van der Waals surface area (Å²) in [6, 6.07) is 9.96. The number of carbonyl (C=O) groups excluding carboxylic acids is 1. The molecule has 182 valence electrons. The number of amidine groups is 1. The van der Waals surface area contributed by atoms with Crippen LogP contribution in [0.2, 0.25) is 0 Å². The third kappa shape index (κ3) is 5.11. The smallest absolute Gasteiger partial charge is 0.416 e. The number of hydrogen-bond donors (Lipinski definition) is 1. The molecule has 0 spiro atoms. The quantitative estimate of drug-likeness (QED) is 0.683. The van der Waals surface area contributed by atoms with E-state index >= 15 is 0 Å². The van der Waals surface area contributed by atoms with E-state index in [1.165, 1.54) is 0 Å². The van der Waals surface area contributed by atoms with Crippen molar-refractivity contribution in [1.82, 2.24) is 4.90 Å². The van der Waals surface area contributed by atoms with Crippen molar-refractivity contribution in [3.05, 3.63) is 48.0 Å². The molecule has 1 N–H and O–H groups in total. The van der Waals surface area contributed by atoms with Gasteiger partial charge in [-0.05, 0) is 42.5 Å². The Kier molecular flexibility index (Phi) is 6.43. The second kappa shape index (κ2) is 9.16. The van der Waals surface area contributed by atoms with Crippen LogP contribution in [0.5, 0.6) is 5.75 Å². The number of carbonyl (C=O) groups is 1. The van der Waals surface area contributed by atoms with Crippen LogP contribution in [0, 0.1) is 0 Å². The number of ether oxygens (including phenoxy) is 1. The van der Waals surface area contributed by atoms with Crippen LogP contribution in [0.15, 0.2) is 51.8 Å². The van der Waals surface area contributed by atoms with Gasteiger partial charge in [-0.2, -0.15) is 21.6 Å². The number of amides is 1. The van der Waals surface area contributed by atoms with Crippen molar-refractivity contribution >= 4 is 33.1 Å². The third-order valence-electron chi connectivity index (χ3n) is 5.74. The van der Waals surface area contributed by atoms with E-state index in [4.69, 9.17) is 4.74 Å². The summed E-state index contributed by atoms with van der Waals surface area (Å²) in [7, 11) is -2.55. The van der Waals surface area contributed by atoms with Gasteiger partial charge in [-0.1, -0.05) is 0 Å². The van der Waals surface area contributed by atoms with Crippen LogP contribution in [0.3, 0.4) is 0 Å². The standard InChI is InChI=1S/C22H23F3N4O4S/c1-33-17-5-3-16(4-6-17)28-10-12-29(13-11-28)21(30)9-8-20-26-18-14-15(22(23,24)25)2-7-19(18)34(31,32)27-20/h2-7,14H,8-13H2,1H3,(H,26,27). The number of hydrogen-bond acceptors (Lipinski definition) is 6. The van der Waals surface area contributed by atoms with Crippen molar-refractivity contribution in [2.45, 2.75) is 23.9 Å². The van der Waals surface area contributed by atoms with Crippen LogP contribution in [0.4, 0.5) is 24.5 Å². The highest BCUT2D eigenvalue weighted by atomic mass is 32.2. The summed E-state index contributed by atoms with van der Waals surface area (Å²) in [5, 5.41) is 2.64. The number of sulfonamides is 1. The van der Waals surface area contributed by atoms with E-state index < -0.39 is 21.8 Å². The summed E-state index contributed by atoms with van der Waals surface area (Å²) in [5.41, 5.74) is -0.142. The lowest BCUT2D eigenvalue weighted by atomic mass is 10.1. The summed E-state index contributed by atoms with van der Waals surface area (Å²) >= 11 is 0. The van der Waals surface area contributed by atoms with Gasteiger partial charge in [-0.15, -0.1) is 4.40 Å². The Bertz CT molecular complexity index is 1210. The Hall–Kier alpha value is -3.28. The molecule has 4 rings (SSSR count). The number of nitrogens with zero attached hydrogens (tertiary/aromatic N) is 3. The molecule has 0 saturated carbocycles. The molecule has 8 nitrogen and oxygen atoms in total. The highest BCUT2D eigenvalue weighted by Crippen LogP contribution is 2.35. The molecule has 2 aromatic rings. The largest absolute Gasteiger partial charge is 0.497 e. The number of fused-ring (bicyclic) bond motifs is 1. The first-order valence-electron chi connectivity index (χ1n) is 10.6. The van der Waals surface area contributed by atoms with E-state index in [9.17, 15) is 26.4 Å². The fraction of sp³-hybridized carbons (Fsp3) is 0.364. The molecule has 0 unspecified atom stereocenters. The van der Waals surface area contributed by atoms with Crippen LogP contribution < -0.4 is 15.0 Å². The first kappa shape index (κ1) is 23.9. The Morgan fingerprint density at radius 2 is 1.76 bits per heavy atom. The monoisotopic (exact) mass is 496 g/mol.